The Balaban J connectivity index is 1.58. The van der Waals surface area contributed by atoms with Gasteiger partial charge in [0.15, 0.2) is 0 Å². The fraction of sp³-hybridized carbons (Fsp3) is 0.357. The molecule has 1 fully saturated rings. The van der Waals surface area contributed by atoms with E-state index in [2.05, 4.69) is 28.5 Å². The Morgan fingerprint density at radius 3 is 2.94 bits per heavy atom. The predicted molar refractivity (Wildman–Crippen MR) is 67.7 cm³/mol. The molecule has 0 saturated heterocycles. The third kappa shape index (κ3) is 2.33. The third-order valence-corrected chi connectivity index (χ3v) is 3.23. The molecular formula is C14H16N2O. The van der Waals surface area contributed by atoms with Crippen molar-refractivity contribution in [1.82, 2.24) is 10.3 Å². The molecule has 0 atom stereocenters. The average molecular weight is 228 g/mol. The zero-order chi connectivity index (χ0) is 11.7. The first-order valence-corrected chi connectivity index (χ1v) is 6.17. The minimum absolute atomic E-state index is 0.223. The van der Waals surface area contributed by atoms with Gasteiger partial charge in [0.1, 0.15) is 0 Å². The van der Waals surface area contributed by atoms with E-state index in [1.165, 1.54) is 11.1 Å². The molecule has 2 N–H and O–H groups in total. The van der Waals surface area contributed by atoms with Crippen LogP contribution in [-0.2, 0) is 11.2 Å². The molecule has 0 aliphatic heterocycles. The summed E-state index contributed by atoms with van der Waals surface area (Å²) in [6.07, 6.45) is 3.00. The molecule has 1 saturated carbocycles. The summed E-state index contributed by atoms with van der Waals surface area (Å²) < 4.78 is 0. The fourth-order valence-corrected chi connectivity index (χ4v) is 2.08. The standard InChI is InChI=1S/C14H16N2O/c17-14(10-5-6-10)15-8-7-12-9-11-3-1-2-4-13(11)16-12/h1-4,9-10,16H,5-8H2,(H,15,17). The Morgan fingerprint density at radius 2 is 2.18 bits per heavy atom. The molecule has 88 valence electrons. The smallest absolute Gasteiger partial charge is 0.223 e. The summed E-state index contributed by atoms with van der Waals surface area (Å²) in [6.45, 7) is 0.724. The summed E-state index contributed by atoms with van der Waals surface area (Å²) in [4.78, 5) is 14.8. The Kier molecular flexibility index (Phi) is 2.59. The summed E-state index contributed by atoms with van der Waals surface area (Å²) in [5.74, 6) is 0.527. The number of hydrogen-bond acceptors (Lipinski definition) is 1. The van der Waals surface area contributed by atoms with Gasteiger partial charge >= 0.3 is 0 Å². The highest BCUT2D eigenvalue weighted by Crippen LogP contribution is 2.28. The molecule has 0 unspecified atom stereocenters. The zero-order valence-electron chi connectivity index (χ0n) is 9.70. The van der Waals surface area contributed by atoms with Gasteiger partial charge in [-0.05, 0) is 30.4 Å². The maximum atomic E-state index is 11.4. The lowest BCUT2D eigenvalue weighted by atomic mass is 10.2. The van der Waals surface area contributed by atoms with Crippen LogP contribution in [0.2, 0.25) is 0 Å². The summed E-state index contributed by atoms with van der Waals surface area (Å²) in [5, 5.41) is 4.21. The molecule has 3 heteroatoms. The average Bonchev–Trinajstić information content (AvgIpc) is 3.09. The quantitative estimate of drug-likeness (QED) is 0.828. The number of carbonyl (C=O) groups excluding carboxylic acids is 1. The highest BCUT2D eigenvalue weighted by Gasteiger charge is 2.28. The minimum atomic E-state index is 0.223. The van der Waals surface area contributed by atoms with Crippen molar-refractivity contribution in [2.75, 3.05) is 6.54 Å². The van der Waals surface area contributed by atoms with Crippen molar-refractivity contribution in [2.45, 2.75) is 19.3 Å². The second-order valence-electron chi connectivity index (χ2n) is 4.70. The second-order valence-corrected chi connectivity index (χ2v) is 4.70. The van der Waals surface area contributed by atoms with Crippen molar-refractivity contribution in [1.29, 1.82) is 0 Å². The summed E-state index contributed by atoms with van der Waals surface area (Å²) in [6, 6.07) is 10.4. The molecule has 1 aromatic heterocycles. The van der Waals surface area contributed by atoms with E-state index in [4.69, 9.17) is 0 Å². The van der Waals surface area contributed by atoms with Crippen molar-refractivity contribution >= 4 is 16.8 Å². The molecule has 1 heterocycles. The molecule has 1 aliphatic rings. The van der Waals surface area contributed by atoms with Gasteiger partial charge < -0.3 is 10.3 Å². The number of hydrogen-bond donors (Lipinski definition) is 2. The molecule has 0 spiro atoms. The SMILES string of the molecule is O=C(NCCc1cc2ccccc2[nH]1)C1CC1. The highest BCUT2D eigenvalue weighted by molar-refractivity contribution is 5.81. The van der Waals surface area contributed by atoms with E-state index in [0.29, 0.717) is 5.92 Å². The van der Waals surface area contributed by atoms with E-state index >= 15 is 0 Å². The van der Waals surface area contributed by atoms with E-state index in [1.54, 1.807) is 0 Å². The second kappa shape index (κ2) is 4.24. The van der Waals surface area contributed by atoms with Crippen LogP contribution >= 0.6 is 0 Å². The number of carbonyl (C=O) groups is 1. The summed E-state index contributed by atoms with van der Waals surface area (Å²) in [5.41, 5.74) is 2.35. The Morgan fingerprint density at radius 1 is 1.35 bits per heavy atom. The summed E-state index contributed by atoms with van der Waals surface area (Å²) >= 11 is 0. The van der Waals surface area contributed by atoms with Crippen molar-refractivity contribution < 1.29 is 4.79 Å². The maximum absolute atomic E-state index is 11.4. The van der Waals surface area contributed by atoms with Crippen molar-refractivity contribution in [3.63, 3.8) is 0 Å². The molecule has 1 amide bonds. The number of nitrogens with one attached hydrogen (secondary N) is 2. The minimum Gasteiger partial charge on any atom is -0.358 e. The zero-order valence-corrected chi connectivity index (χ0v) is 9.70. The van der Waals surface area contributed by atoms with E-state index < -0.39 is 0 Å². The molecule has 1 aromatic carbocycles. The van der Waals surface area contributed by atoms with Gasteiger partial charge in [-0.3, -0.25) is 4.79 Å². The van der Waals surface area contributed by atoms with Crippen LogP contribution in [0.4, 0.5) is 0 Å². The van der Waals surface area contributed by atoms with Crippen molar-refractivity contribution in [3.8, 4) is 0 Å². The third-order valence-electron chi connectivity index (χ3n) is 3.23. The first-order chi connectivity index (χ1) is 8.33. The number of benzene rings is 1. The van der Waals surface area contributed by atoms with Crippen molar-refractivity contribution in [3.05, 3.63) is 36.0 Å². The normalized spacial score (nSPS) is 15.1. The number of rotatable bonds is 4. The van der Waals surface area contributed by atoms with E-state index in [-0.39, 0.29) is 5.91 Å². The van der Waals surface area contributed by atoms with Crippen LogP contribution in [0.1, 0.15) is 18.5 Å². The van der Waals surface area contributed by atoms with Crippen molar-refractivity contribution in [2.24, 2.45) is 5.92 Å². The number of H-pyrrole nitrogens is 1. The Hall–Kier alpha value is -1.77. The molecule has 2 aromatic rings. The molecule has 3 rings (SSSR count). The summed E-state index contributed by atoms with van der Waals surface area (Å²) in [7, 11) is 0. The van der Waals surface area contributed by atoms with Gasteiger partial charge in [0.05, 0.1) is 0 Å². The molecule has 0 radical (unpaired) electrons. The van der Waals surface area contributed by atoms with Gasteiger partial charge in [0, 0.05) is 30.1 Å². The highest BCUT2D eigenvalue weighted by atomic mass is 16.2. The van der Waals surface area contributed by atoms with Gasteiger partial charge in [-0.15, -0.1) is 0 Å². The topological polar surface area (TPSA) is 44.9 Å². The molecule has 1 aliphatic carbocycles. The number of aromatic nitrogens is 1. The van der Waals surface area contributed by atoms with Gasteiger partial charge in [0.2, 0.25) is 5.91 Å². The van der Waals surface area contributed by atoms with E-state index in [9.17, 15) is 4.79 Å². The van der Waals surface area contributed by atoms with Gasteiger partial charge in [-0.2, -0.15) is 0 Å². The largest absolute Gasteiger partial charge is 0.358 e. The molecular weight excluding hydrogens is 212 g/mol. The Labute approximate surface area is 100 Å². The number of para-hydroxylation sites is 1. The van der Waals surface area contributed by atoms with Gasteiger partial charge in [-0.25, -0.2) is 0 Å². The van der Waals surface area contributed by atoms with Crippen LogP contribution in [0.5, 0.6) is 0 Å². The van der Waals surface area contributed by atoms with E-state index in [0.717, 1.165) is 31.3 Å². The monoisotopic (exact) mass is 228 g/mol. The molecule has 3 nitrogen and oxygen atoms in total. The lowest BCUT2D eigenvalue weighted by Gasteiger charge is -2.02. The predicted octanol–water partition coefficient (Wildman–Crippen LogP) is 2.24. The first-order valence-electron chi connectivity index (χ1n) is 6.17. The number of amides is 1. The van der Waals surface area contributed by atoms with Gasteiger partial charge in [0.25, 0.3) is 0 Å². The van der Waals surface area contributed by atoms with Crippen LogP contribution in [0.15, 0.2) is 30.3 Å². The Bertz CT molecular complexity index is 507. The maximum Gasteiger partial charge on any atom is 0.223 e. The molecule has 17 heavy (non-hydrogen) atoms. The first kappa shape index (κ1) is 10.4. The number of aromatic amines is 1. The van der Waals surface area contributed by atoms with Crippen LogP contribution in [0.3, 0.4) is 0 Å². The van der Waals surface area contributed by atoms with Crippen LogP contribution in [0, 0.1) is 5.92 Å². The lowest BCUT2D eigenvalue weighted by Crippen LogP contribution is -2.26. The fourth-order valence-electron chi connectivity index (χ4n) is 2.08. The van der Waals surface area contributed by atoms with Gasteiger partial charge in [-0.1, -0.05) is 18.2 Å². The number of fused-ring (bicyclic) bond motifs is 1. The lowest BCUT2D eigenvalue weighted by molar-refractivity contribution is -0.122. The van der Waals surface area contributed by atoms with Crippen LogP contribution in [0.25, 0.3) is 10.9 Å². The van der Waals surface area contributed by atoms with E-state index in [1.807, 2.05) is 12.1 Å². The van der Waals surface area contributed by atoms with Crippen LogP contribution < -0.4 is 5.32 Å². The van der Waals surface area contributed by atoms with Crippen LogP contribution in [-0.4, -0.2) is 17.4 Å². The molecule has 0 bridgehead atoms.